The number of alkyl carbamates (subject to hydrolysis) is 1. The number of amides is 1. The number of hydrogen-bond acceptors (Lipinski definition) is 3. The number of hydrogen-bond donors (Lipinski definition) is 2. The molecule has 0 bridgehead atoms. The zero-order chi connectivity index (χ0) is 12.5. The molecule has 94 valence electrons. The molecule has 0 aliphatic rings. The molecule has 0 aliphatic heterocycles. The van der Waals surface area contributed by atoms with Gasteiger partial charge in [0.1, 0.15) is 6.61 Å². The van der Waals surface area contributed by atoms with Crippen molar-refractivity contribution in [1.29, 1.82) is 0 Å². The first kappa shape index (κ1) is 13.5. The molecule has 0 spiro atoms. The fourth-order valence-electron chi connectivity index (χ4n) is 1.48. The first-order valence-corrected chi connectivity index (χ1v) is 5.88. The smallest absolute Gasteiger partial charge is 0.407 e. The maximum atomic E-state index is 11.5. The minimum Gasteiger partial charge on any atom is -0.445 e. The molecule has 0 aliphatic carbocycles. The Kier molecular flexibility index (Phi) is 6.10. The summed E-state index contributed by atoms with van der Waals surface area (Å²) in [5.74, 6) is 0. The molecule has 17 heavy (non-hydrogen) atoms. The summed E-state index contributed by atoms with van der Waals surface area (Å²) in [5, 5.41) is 5.84. The van der Waals surface area contributed by atoms with E-state index >= 15 is 0 Å². The average Bonchev–Trinajstić information content (AvgIpc) is 2.37. The fourth-order valence-corrected chi connectivity index (χ4v) is 1.48. The lowest BCUT2D eigenvalue weighted by Crippen LogP contribution is -2.40. The van der Waals surface area contributed by atoms with Crippen LogP contribution in [0, 0.1) is 0 Å². The molecule has 0 fully saturated rings. The summed E-state index contributed by atoms with van der Waals surface area (Å²) in [6.45, 7) is 3.08. The van der Waals surface area contributed by atoms with Crippen LogP contribution in [0.4, 0.5) is 4.79 Å². The number of benzene rings is 1. The number of rotatable bonds is 6. The van der Waals surface area contributed by atoms with Crippen LogP contribution < -0.4 is 10.6 Å². The van der Waals surface area contributed by atoms with Crippen molar-refractivity contribution in [3.63, 3.8) is 0 Å². The molecule has 1 amide bonds. The molecule has 0 aromatic heterocycles. The second-order valence-corrected chi connectivity index (χ2v) is 3.87. The van der Waals surface area contributed by atoms with Crippen LogP contribution in [0.5, 0.6) is 0 Å². The van der Waals surface area contributed by atoms with E-state index in [2.05, 4.69) is 10.6 Å². The van der Waals surface area contributed by atoms with E-state index in [0.29, 0.717) is 6.61 Å². The van der Waals surface area contributed by atoms with Crippen LogP contribution in [0.15, 0.2) is 30.3 Å². The summed E-state index contributed by atoms with van der Waals surface area (Å²) in [6.07, 6.45) is 0.511. The van der Waals surface area contributed by atoms with Crippen molar-refractivity contribution in [2.75, 3.05) is 13.6 Å². The van der Waals surface area contributed by atoms with Crippen molar-refractivity contribution in [3.05, 3.63) is 35.9 Å². The van der Waals surface area contributed by atoms with Crippen LogP contribution in [0.2, 0.25) is 0 Å². The van der Waals surface area contributed by atoms with Crippen LogP contribution >= 0.6 is 0 Å². The van der Waals surface area contributed by atoms with Gasteiger partial charge >= 0.3 is 6.09 Å². The highest BCUT2D eigenvalue weighted by atomic mass is 16.5. The van der Waals surface area contributed by atoms with Gasteiger partial charge in [-0.1, -0.05) is 37.3 Å². The number of nitrogens with one attached hydrogen (secondary N) is 2. The van der Waals surface area contributed by atoms with Gasteiger partial charge in [0.2, 0.25) is 0 Å². The topological polar surface area (TPSA) is 50.4 Å². The summed E-state index contributed by atoms with van der Waals surface area (Å²) in [6, 6.07) is 9.75. The summed E-state index contributed by atoms with van der Waals surface area (Å²) >= 11 is 0. The molecule has 1 aromatic carbocycles. The van der Waals surface area contributed by atoms with Crippen LogP contribution in [0.25, 0.3) is 0 Å². The standard InChI is InChI=1S/C13H20N2O2/c1-3-12(9-14-2)15-13(16)17-10-11-7-5-4-6-8-11/h4-8,12,14H,3,9-10H2,1-2H3,(H,15,16)/t12-/m0/s1. The summed E-state index contributed by atoms with van der Waals surface area (Å²) < 4.78 is 5.13. The van der Waals surface area contributed by atoms with Crippen molar-refractivity contribution >= 4 is 6.09 Å². The van der Waals surface area contributed by atoms with Crippen molar-refractivity contribution < 1.29 is 9.53 Å². The van der Waals surface area contributed by atoms with Gasteiger partial charge < -0.3 is 15.4 Å². The molecular weight excluding hydrogens is 216 g/mol. The SMILES string of the molecule is CC[C@@H](CNC)NC(=O)OCc1ccccc1. The summed E-state index contributed by atoms with van der Waals surface area (Å²) in [5.41, 5.74) is 0.990. The Morgan fingerprint density at radius 1 is 1.35 bits per heavy atom. The monoisotopic (exact) mass is 236 g/mol. The Morgan fingerprint density at radius 2 is 2.06 bits per heavy atom. The third-order valence-electron chi connectivity index (χ3n) is 2.48. The predicted molar refractivity (Wildman–Crippen MR) is 67.8 cm³/mol. The van der Waals surface area contributed by atoms with Gasteiger partial charge in [0.05, 0.1) is 0 Å². The summed E-state index contributed by atoms with van der Waals surface area (Å²) in [4.78, 5) is 11.5. The molecule has 1 atom stereocenters. The second-order valence-electron chi connectivity index (χ2n) is 3.87. The van der Waals surface area contributed by atoms with Crippen LogP contribution in [-0.4, -0.2) is 25.7 Å². The van der Waals surface area contributed by atoms with Crippen molar-refractivity contribution in [3.8, 4) is 0 Å². The number of carbonyl (C=O) groups is 1. The molecule has 0 heterocycles. The van der Waals surface area contributed by atoms with Crippen LogP contribution in [-0.2, 0) is 11.3 Å². The minimum absolute atomic E-state index is 0.114. The van der Waals surface area contributed by atoms with Gasteiger partial charge in [-0.3, -0.25) is 0 Å². The Labute approximate surface area is 102 Å². The zero-order valence-corrected chi connectivity index (χ0v) is 10.4. The van der Waals surface area contributed by atoms with Gasteiger partial charge in [-0.15, -0.1) is 0 Å². The van der Waals surface area contributed by atoms with E-state index in [1.807, 2.05) is 44.3 Å². The van der Waals surface area contributed by atoms with Gasteiger partial charge in [-0.2, -0.15) is 0 Å². The molecule has 4 heteroatoms. The zero-order valence-electron chi connectivity index (χ0n) is 10.4. The highest BCUT2D eigenvalue weighted by Gasteiger charge is 2.09. The molecule has 4 nitrogen and oxygen atoms in total. The lowest BCUT2D eigenvalue weighted by Gasteiger charge is -2.16. The maximum Gasteiger partial charge on any atom is 0.407 e. The molecule has 0 radical (unpaired) electrons. The largest absolute Gasteiger partial charge is 0.445 e. The molecule has 0 saturated carbocycles. The molecule has 1 rings (SSSR count). The average molecular weight is 236 g/mol. The van der Waals surface area contributed by atoms with E-state index in [1.165, 1.54) is 0 Å². The molecular formula is C13H20N2O2. The van der Waals surface area contributed by atoms with E-state index in [0.717, 1.165) is 18.5 Å². The third kappa shape index (κ3) is 5.36. The normalized spacial score (nSPS) is 11.9. The Balaban J connectivity index is 2.30. The number of likely N-dealkylation sites (N-methyl/N-ethyl adjacent to an activating group) is 1. The van der Waals surface area contributed by atoms with Gasteiger partial charge in [0.25, 0.3) is 0 Å². The summed E-state index contributed by atoms with van der Waals surface area (Å²) in [7, 11) is 1.86. The molecule has 2 N–H and O–H groups in total. The predicted octanol–water partition coefficient (Wildman–Crippen LogP) is 1.91. The van der Waals surface area contributed by atoms with E-state index in [9.17, 15) is 4.79 Å². The molecule has 0 saturated heterocycles. The third-order valence-corrected chi connectivity index (χ3v) is 2.48. The fraction of sp³-hybridized carbons (Fsp3) is 0.462. The van der Waals surface area contributed by atoms with Gasteiger partial charge in [0, 0.05) is 12.6 Å². The van der Waals surface area contributed by atoms with E-state index in [-0.39, 0.29) is 12.1 Å². The first-order valence-electron chi connectivity index (χ1n) is 5.88. The van der Waals surface area contributed by atoms with E-state index in [1.54, 1.807) is 0 Å². The highest BCUT2D eigenvalue weighted by Crippen LogP contribution is 2.01. The van der Waals surface area contributed by atoms with Crippen molar-refractivity contribution in [2.24, 2.45) is 0 Å². The maximum absolute atomic E-state index is 11.5. The second kappa shape index (κ2) is 7.68. The number of ether oxygens (including phenoxy) is 1. The van der Waals surface area contributed by atoms with Gasteiger partial charge in [0.15, 0.2) is 0 Å². The lowest BCUT2D eigenvalue weighted by molar-refractivity contribution is 0.135. The Morgan fingerprint density at radius 3 is 2.65 bits per heavy atom. The van der Waals surface area contributed by atoms with Crippen LogP contribution in [0.3, 0.4) is 0 Å². The van der Waals surface area contributed by atoms with Gasteiger partial charge in [-0.05, 0) is 19.0 Å². The van der Waals surface area contributed by atoms with E-state index < -0.39 is 0 Å². The van der Waals surface area contributed by atoms with Crippen LogP contribution in [0.1, 0.15) is 18.9 Å². The quantitative estimate of drug-likeness (QED) is 0.793. The Bertz CT molecular complexity index is 327. The molecule has 0 unspecified atom stereocenters. The van der Waals surface area contributed by atoms with E-state index in [4.69, 9.17) is 4.74 Å². The first-order chi connectivity index (χ1) is 8.26. The Hall–Kier alpha value is -1.55. The number of carbonyl (C=O) groups excluding carboxylic acids is 1. The van der Waals surface area contributed by atoms with Crippen molar-refractivity contribution in [2.45, 2.75) is 26.0 Å². The minimum atomic E-state index is -0.365. The van der Waals surface area contributed by atoms with Crippen molar-refractivity contribution in [1.82, 2.24) is 10.6 Å². The molecule has 1 aromatic rings. The lowest BCUT2D eigenvalue weighted by atomic mass is 10.2. The highest BCUT2D eigenvalue weighted by molar-refractivity contribution is 5.67. The van der Waals surface area contributed by atoms with Gasteiger partial charge in [-0.25, -0.2) is 4.79 Å².